The monoisotopic (exact) mass is 343 g/mol. The predicted molar refractivity (Wildman–Crippen MR) is 85.0 cm³/mol. The molecule has 3 rings (SSSR count). The number of carbonyl (C=O) groups is 3. The molecule has 6 N–H and O–H groups in total. The number of rotatable bonds is 3. The van der Waals surface area contributed by atoms with Crippen LogP contribution in [0.25, 0.3) is 5.69 Å². The summed E-state index contributed by atoms with van der Waals surface area (Å²) in [4.78, 5) is 47.1. The van der Waals surface area contributed by atoms with Crippen LogP contribution < -0.4 is 22.1 Å². The van der Waals surface area contributed by atoms with Gasteiger partial charge in [0, 0.05) is 11.5 Å². The Kier molecular flexibility index (Phi) is 3.66. The largest absolute Gasteiger partial charge is 0.490 e. The van der Waals surface area contributed by atoms with Crippen molar-refractivity contribution >= 4 is 36.2 Å². The van der Waals surface area contributed by atoms with Crippen molar-refractivity contribution in [1.29, 1.82) is 0 Å². The molecule has 2 aromatic rings. The van der Waals surface area contributed by atoms with E-state index in [1.165, 1.54) is 0 Å². The molecule has 0 fully saturated rings. The topological polar surface area (TPSA) is 172 Å². The van der Waals surface area contributed by atoms with Gasteiger partial charge < -0.3 is 20.9 Å². The van der Waals surface area contributed by atoms with Gasteiger partial charge in [-0.2, -0.15) is 0 Å². The fraction of sp³-hybridized carbons (Fsp3) is 0. The number of hydrogen-bond acceptors (Lipinski definition) is 7. The third-order valence-electron chi connectivity index (χ3n) is 3.75. The molecule has 1 aromatic carbocycles. The van der Waals surface area contributed by atoms with E-state index in [4.69, 9.17) is 10.8 Å². The maximum Gasteiger partial charge on any atom is 0.490 e. The van der Waals surface area contributed by atoms with E-state index in [-0.39, 0.29) is 27.8 Å². The third kappa shape index (κ3) is 2.47. The number of pyridine rings is 1. The van der Waals surface area contributed by atoms with Crippen LogP contribution in [0.2, 0.25) is 0 Å². The van der Waals surface area contributed by atoms with Gasteiger partial charge in [-0.15, -0.1) is 0 Å². The summed E-state index contributed by atoms with van der Waals surface area (Å²) in [5, 5.41) is 30.1. The number of hydrogen-bond donors (Lipinski definition) is 5. The van der Waals surface area contributed by atoms with Gasteiger partial charge in [0.15, 0.2) is 0 Å². The van der Waals surface area contributed by atoms with Gasteiger partial charge in [0.05, 0.1) is 22.4 Å². The molecule has 0 saturated heterocycles. The zero-order chi connectivity index (χ0) is 18.5. The summed E-state index contributed by atoms with van der Waals surface area (Å²) in [5.74, 6) is -3.33. The number of nitrogens with two attached hydrogens (primary N) is 1. The van der Waals surface area contributed by atoms with Crippen LogP contribution in [0.5, 0.6) is 0 Å². The minimum Gasteiger partial charge on any atom is -0.478 e. The van der Waals surface area contributed by atoms with E-state index in [1.54, 1.807) is 0 Å². The summed E-state index contributed by atoms with van der Waals surface area (Å²) >= 11 is 0. The quantitative estimate of drug-likeness (QED) is 0.305. The molecular formula is C14H10BN3O7. The van der Waals surface area contributed by atoms with Crippen molar-refractivity contribution in [3.8, 4) is 5.69 Å². The summed E-state index contributed by atoms with van der Waals surface area (Å²) in [5.41, 5.74) is 3.88. The van der Waals surface area contributed by atoms with Crippen LogP contribution in [-0.2, 0) is 0 Å². The molecule has 0 saturated carbocycles. The molecule has 2 amide bonds. The fourth-order valence-corrected chi connectivity index (χ4v) is 2.62. The van der Waals surface area contributed by atoms with Crippen LogP contribution in [0.4, 0.5) is 5.82 Å². The Labute approximate surface area is 139 Å². The van der Waals surface area contributed by atoms with Crippen LogP contribution in [0.1, 0.15) is 31.1 Å². The Balaban J connectivity index is 2.38. The van der Waals surface area contributed by atoms with Crippen LogP contribution in [0, 0.1) is 0 Å². The molecule has 25 heavy (non-hydrogen) atoms. The Morgan fingerprint density at radius 2 is 1.80 bits per heavy atom. The lowest BCUT2D eigenvalue weighted by Gasteiger charge is -2.16. The summed E-state index contributed by atoms with van der Waals surface area (Å²) in [6.45, 7) is 0. The van der Waals surface area contributed by atoms with Gasteiger partial charge in [-0.25, -0.2) is 4.79 Å². The highest BCUT2D eigenvalue weighted by molar-refractivity contribution is 6.60. The Bertz CT molecular complexity index is 1010. The predicted octanol–water partition coefficient (Wildman–Crippen LogP) is -2.32. The molecule has 2 heterocycles. The van der Waals surface area contributed by atoms with Crippen LogP contribution in [0.15, 0.2) is 29.1 Å². The van der Waals surface area contributed by atoms with Crippen LogP contribution >= 0.6 is 0 Å². The van der Waals surface area contributed by atoms with Crippen molar-refractivity contribution in [3.63, 3.8) is 0 Å². The molecule has 0 aliphatic carbocycles. The average molecular weight is 343 g/mol. The van der Waals surface area contributed by atoms with Gasteiger partial charge in [-0.05, 0) is 12.1 Å². The van der Waals surface area contributed by atoms with Crippen molar-refractivity contribution in [3.05, 3.63) is 51.3 Å². The number of nitrogens with one attached hydrogen (secondary N) is 1. The average Bonchev–Trinajstić information content (AvgIpc) is 2.81. The number of benzene rings is 1. The van der Waals surface area contributed by atoms with Crippen molar-refractivity contribution in [2.45, 2.75) is 0 Å². The summed E-state index contributed by atoms with van der Waals surface area (Å²) in [6.07, 6.45) is 0. The first-order valence-electron chi connectivity index (χ1n) is 6.87. The molecule has 1 aromatic heterocycles. The Hall–Kier alpha value is -3.44. The zero-order valence-electron chi connectivity index (χ0n) is 12.4. The maximum absolute atomic E-state index is 12.4. The second-order valence-corrected chi connectivity index (χ2v) is 5.23. The van der Waals surface area contributed by atoms with Gasteiger partial charge in [0.1, 0.15) is 5.82 Å². The van der Waals surface area contributed by atoms with E-state index in [2.05, 4.69) is 0 Å². The molecular weight excluding hydrogens is 333 g/mol. The molecule has 1 aliphatic heterocycles. The highest BCUT2D eigenvalue weighted by Crippen LogP contribution is 2.22. The SMILES string of the molecule is Nc1c2c(cc(=O)n1-c1cc(C(=O)O)ccc1B(O)O)C(=O)NC2=O. The van der Waals surface area contributed by atoms with E-state index in [0.717, 1.165) is 28.8 Å². The number of anilines is 1. The maximum atomic E-state index is 12.4. The first kappa shape index (κ1) is 16.4. The highest BCUT2D eigenvalue weighted by atomic mass is 16.4. The lowest BCUT2D eigenvalue weighted by Crippen LogP contribution is -2.37. The van der Waals surface area contributed by atoms with Gasteiger partial charge in [-0.3, -0.25) is 24.3 Å². The number of fused-ring (bicyclic) bond motifs is 1. The van der Waals surface area contributed by atoms with E-state index in [9.17, 15) is 29.2 Å². The summed E-state index contributed by atoms with van der Waals surface area (Å²) < 4.78 is 0.748. The lowest BCUT2D eigenvalue weighted by molar-refractivity contribution is 0.0696. The minimum absolute atomic E-state index is 0.204. The lowest BCUT2D eigenvalue weighted by atomic mass is 9.78. The van der Waals surface area contributed by atoms with Gasteiger partial charge in [0.25, 0.3) is 17.4 Å². The number of imide groups is 1. The summed E-state index contributed by atoms with van der Waals surface area (Å²) in [6, 6.07) is 4.10. The van der Waals surface area contributed by atoms with Crippen molar-refractivity contribution < 1.29 is 29.5 Å². The minimum atomic E-state index is -2.03. The number of nitrogens with zero attached hydrogens (tertiary/aromatic N) is 1. The summed E-state index contributed by atoms with van der Waals surface area (Å²) in [7, 11) is -2.03. The highest BCUT2D eigenvalue weighted by Gasteiger charge is 2.32. The van der Waals surface area contributed by atoms with Crippen molar-refractivity contribution in [1.82, 2.24) is 9.88 Å². The number of aromatic carboxylic acids is 1. The molecule has 0 unspecified atom stereocenters. The molecule has 10 nitrogen and oxygen atoms in total. The smallest absolute Gasteiger partial charge is 0.478 e. The number of amides is 2. The standard InChI is InChI=1S/C14H10BN3O7/c16-11-10-6(12(20)17-13(10)21)4-9(19)18(11)8-3-5(14(22)23)1-2-7(8)15(24)25/h1-4,24-25H,16H2,(H,22,23)(H,17,20,21). The number of aromatic nitrogens is 1. The molecule has 0 spiro atoms. The number of carboxylic acid groups (broad SMARTS) is 1. The number of nitrogen functional groups attached to an aromatic ring is 1. The van der Waals surface area contributed by atoms with E-state index in [0.29, 0.717) is 0 Å². The third-order valence-corrected chi connectivity index (χ3v) is 3.75. The van der Waals surface area contributed by atoms with Gasteiger partial charge in [-0.1, -0.05) is 6.07 Å². The normalized spacial score (nSPS) is 12.7. The Morgan fingerprint density at radius 3 is 2.40 bits per heavy atom. The van der Waals surface area contributed by atoms with Gasteiger partial charge in [0.2, 0.25) is 0 Å². The van der Waals surface area contributed by atoms with E-state index >= 15 is 0 Å². The molecule has 0 atom stereocenters. The first-order chi connectivity index (χ1) is 11.7. The zero-order valence-corrected chi connectivity index (χ0v) is 12.4. The molecule has 1 aliphatic rings. The van der Waals surface area contributed by atoms with Crippen molar-refractivity contribution in [2.24, 2.45) is 0 Å². The second-order valence-electron chi connectivity index (χ2n) is 5.23. The Morgan fingerprint density at radius 1 is 1.12 bits per heavy atom. The molecule has 126 valence electrons. The fourth-order valence-electron chi connectivity index (χ4n) is 2.62. The van der Waals surface area contributed by atoms with Crippen LogP contribution in [0.3, 0.4) is 0 Å². The van der Waals surface area contributed by atoms with E-state index < -0.39 is 36.3 Å². The molecule has 0 radical (unpaired) electrons. The molecule has 0 bridgehead atoms. The van der Waals surface area contributed by atoms with Crippen LogP contribution in [-0.4, -0.2) is 44.6 Å². The number of carbonyl (C=O) groups excluding carboxylic acids is 2. The molecule has 11 heteroatoms. The number of carboxylic acids is 1. The second kappa shape index (κ2) is 5.58. The first-order valence-corrected chi connectivity index (χ1v) is 6.87. The van der Waals surface area contributed by atoms with Crippen molar-refractivity contribution in [2.75, 3.05) is 5.73 Å². The van der Waals surface area contributed by atoms with E-state index in [1.807, 2.05) is 5.32 Å². The van der Waals surface area contributed by atoms with Gasteiger partial charge >= 0.3 is 13.1 Å².